The summed E-state index contributed by atoms with van der Waals surface area (Å²) < 4.78 is 3.09. The molecule has 0 saturated heterocycles. The summed E-state index contributed by atoms with van der Waals surface area (Å²) in [5.41, 5.74) is 1.16. The highest BCUT2D eigenvalue weighted by molar-refractivity contribution is 9.11. The predicted molar refractivity (Wildman–Crippen MR) is 89.0 cm³/mol. The van der Waals surface area contributed by atoms with E-state index in [1.807, 2.05) is 11.5 Å². The maximum Gasteiger partial charge on any atom is 0.313 e. The fourth-order valence-electron chi connectivity index (χ4n) is 1.80. The van der Waals surface area contributed by atoms with Gasteiger partial charge in [-0.05, 0) is 40.4 Å². The second kappa shape index (κ2) is 6.93. The molecule has 2 heterocycles. The standard InChI is InChI=1S/C13H16BrN3O2S2/c1-7(2)5-17-12(9-4-8(3)11(14)21-9)15-16-13(17)20-6-10(18)19/h4,7H,5-6H2,1-3H3,(H,18,19). The molecule has 2 aromatic rings. The van der Waals surface area contributed by atoms with Gasteiger partial charge in [-0.15, -0.1) is 21.5 Å². The van der Waals surface area contributed by atoms with Crippen LogP contribution in [-0.4, -0.2) is 31.6 Å². The molecule has 0 bridgehead atoms. The first kappa shape index (κ1) is 16.5. The van der Waals surface area contributed by atoms with Gasteiger partial charge in [-0.25, -0.2) is 0 Å². The molecule has 0 saturated carbocycles. The van der Waals surface area contributed by atoms with Crippen LogP contribution >= 0.6 is 39.0 Å². The molecule has 2 rings (SSSR count). The molecule has 21 heavy (non-hydrogen) atoms. The van der Waals surface area contributed by atoms with E-state index in [4.69, 9.17) is 5.11 Å². The number of halogens is 1. The SMILES string of the molecule is Cc1cc(-c2nnc(SCC(=O)O)n2CC(C)C)sc1Br. The highest BCUT2D eigenvalue weighted by atomic mass is 79.9. The second-order valence-corrected chi connectivity index (χ2v) is 8.37. The zero-order chi connectivity index (χ0) is 15.6. The number of aliphatic carboxylic acids is 1. The Morgan fingerprint density at radius 3 is 2.76 bits per heavy atom. The van der Waals surface area contributed by atoms with Crippen LogP contribution in [0.3, 0.4) is 0 Å². The van der Waals surface area contributed by atoms with E-state index >= 15 is 0 Å². The maximum atomic E-state index is 10.7. The number of aryl methyl sites for hydroxylation is 1. The van der Waals surface area contributed by atoms with Gasteiger partial charge in [0.05, 0.1) is 14.4 Å². The average molecular weight is 390 g/mol. The summed E-state index contributed by atoms with van der Waals surface area (Å²) in [5, 5.41) is 17.9. The lowest BCUT2D eigenvalue weighted by atomic mass is 10.2. The molecule has 0 aliphatic heterocycles. The van der Waals surface area contributed by atoms with Gasteiger partial charge in [0.1, 0.15) is 0 Å². The number of thioether (sulfide) groups is 1. The first-order valence-electron chi connectivity index (χ1n) is 6.42. The Kier molecular flexibility index (Phi) is 5.45. The monoisotopic (exact) mass is 389 g/mol. The lowest BCUT2D eigenvalue weighted by Crippen LogP contribution is -2.08. The first-order valence-corrected chi connectivity index (χ1v) is 9.02. The van der Waals surface area contributed by atoms with Crippen molar-refractivity contribution in [3.63, 3.8) is 0 Å². The lowest BCUT2D eigenvalue weighted by molar-refractivity contribution is -0.133. The van der Waals surface area contributed by atoms with Crippen molar-refractivity contribution in [1.29, 1.82) is 0 Å². The number of carbonyl (C=O) groups is 1. The molecule has 2 aromatic heterocycles. The van der Waals surface area contributed by atoms with Crippen LogP contribution in [0, 0.1) is 12.8 Å². The minimum atomic E-state index is -0.852. The fraction of sp³-hybridized carbons (Fsp3) is 0.462. The summed E-state index contributed by atoms with van der Waals surface area (Å²) in [6, 6.07) is 2.07. The molecular formula is C13H16BrN3O2S2. The van der Waals surface area contributed by atoms with Crippen LogP contribution in [0.25, 0.3) is 10.7 Å². The third-order valence-corrected chi connectivity index (χ3v) is 5.75. The predicted octanol–water partition coefficient (Wildman–Crippen LogP) is 3.91. The molecule has 0 aliphatic carbocycles. The van der Waals surface area contributed by atoms with Crippen molar-refractivity contribution in [2.24, 2.45) is 5.92 Å². The molecule has 0 radical (unpaired) electrons. The third-order valence-electron chi connectivity index (χ3n) is 2.67. The van der Waals surface area contributed by atoms with Crippen molar-refractivity contribution < 1.29 is 9.90 Å². The van der Waals surface area contributed by atoms with E-state index in [-0.39, 0.29) is 5.75 Å². The van der Waals surface area contributed by atoms with Crippen LogP contribution in [0.1, 0.15) is 19.4 Å². The smallest absolute Gasteiger partial charge is 0.313 e. The van der Waals surface area contributed by atoms with E-state index in [2.05, 4.69) is 46.0 Å². The number of thiophene rings is 1. The molecule has 0 unspecified atom stereocenters. The Labute approximate surface area is 139 Å². The summed E-state index contributed by atoms with van der Waals surface area (Å²) in [6.07, 6.45) is 0. The second-order valence-electron chi connectivity index (χ2n) is 5.06. The highest BCUT2D eigenvalue weighted by Crippen LogP contribution is 2.35. The molecule has 8 heteroatoms. The van der Waals surface area contributed by atoms with E-state index in [0.29, 0.717) is 11.1 Å². The van der Waals surface area contributed by atoms with Gasteiger partial charge >= 0.3 is 5.97 Å². The van der Waals surface area contributed by atoms with E-state index in [0.717, 1.165) is 26.6 Å². The van der Waals surface area contributed by atoms with Gasteiger partial charge in [0, 0.05) is 6.54 Å². The number of hydrogen-bond donors (Lipinski definition) is 1. The van der Waals surface area contributed by atoms with Crippen LogP contribution < -0.4 is 0 Å². The minimum Gasteiger partial charge on any atom is -0.481 e. The Balaban J connectivity index is 2.38. The normalized spacial score (nSPS) is 11.3. The molecule has 114 valence electrons. The molecule has 5 nitrogen and oxygen atoms in total. The van der Waals surface area contributed by atoms with Gasteiger partial charge in [-0.2, -0.15) is 0 Å². The molecular weight excluding hydrogens is 374 g/mol. The lowest BCUT2D eigenvalue weighted by Gasteiger charge is -2.11. The van der Waals surface area contributed by atoms with Gasteiger partial charge in [-0.1, -0.05) is 25.6 Å². The third kappa shape index (κ3) is 4.08. The van der Waals surface area contributed by atoms with E-state index in [9.17, 15) is 4.79 Å². The number of hydrogen-bond acceptors (Lipinski definition) is 5. The fourth-order valence-corrected chi connectivity index (χ4v) is 4.00. The summed E-state index contributed by atoms with van der Waals surface area (Å²) >= 11 is 6.34. The van der Waals surface area contributed by atoms with Crippen molar-refractivity contribution in [2.45, 2.75) is 32.5 Å². The molecule has 0 atom stereocenters. The van der Waals surface area contributed by atoms with Gasteiger partial charge in [0.15, 0.2) is 11.0 Å². The van der Waals surface area contributed by atoms with E-state index in [1.165, 1.54) is 11.8 Å². The topological polar surface area (TPSA) is 68.0 Å². The zero-order valence-electron chi connectivity index (χ0n) is 12.0. The molecule has 0 amide bonds. The van der Waals surface area contributed by atoms with Crippen LogP contribution in [0.5, 0.6) is 0 Å². The Hall–Kier alpha value is -0.860. The summed E-state index contributed by atoms with van der Waals surface area (Å²) in [4.78, 5) is 11.8. The summed E-state index contributed by atoms with van der Waals surface area (Å²) in [7, 11) is 0. The largest absolute Gasteiger partial charge is 0.481 e. The quantitative estimate of drug-likeness (QED) is 0.758. The number of carboxylic acids is 1. The molecule has 0 fully saturated rings. The molecule has 0 aliphatic rings. The van der Waals surface area contributed by atoms with Crippen molar-refractivity contribution in [3.05, 3.63) is 15.4 Å². The van der Waals surface area contributed by atoms with Gasteiger partial charge in [0.2, 0.25) is 0 Å². The summed E-state index contributed by atoms with van der Waals surface area (Å²) in [5.74, 6) is 0.364. The molecule has 1 N–H and O–H groups in total. The number of aromatic nitrogens is 3. The van der Waals surface area contributed by atoms with Gasteiger partial charge in [0.25, 0.3) is 0 Å². The van der Waals surface area contributed by atoms with Crippen molar-refractivity contribution in [3.8, 4) is 10.7 Å². The number of rotatable bonds is 6. The average Bonchev–Trinajstić information content (AvgIpc) is 2.91. The number of nitrogens with zero attached hydrogens (tertiary/aromatic N) is 3. The van der Waals surface area contributed by atoms with Crippen LogP contribution in [0.15, 0.2) is 15.0 Å². The van der Waals surface area contributed by atoms with Crippen LogP contribution in [0.2, 0.25) is 0 Å². The van der Waals surface area contributed by atoms with Gasteiger partial charge in [-0.3, -0.25) is 4.79 Å². The first-order chi connectivity index (χ1) is 9.88. The van der Waals surface area contributed by atoms with Gasteiger partial charge < -0.3 is 9.67 Å². The van der Waals surface area contributed by atoms with Crippen LogP contribution in [0.4, 0.5) is 0 Å². The molecule has 0 spiro atoms. The Morgan fingerprint density at radius 2 is 2.24 bits per heavy atom. The minimum absolute atomic E-state index is 0.0105. The molecule has 0 aromatic carbocycles. The van der Waals surface area contributed by atoms with Crippen LogP contribution in [-0.2, 0) is 11.3 Å². The zero-order valence-corrected chi connectivity index (χ0v) is 15.2. The van der Waals surface area contributed by atoms with Crippen molar-refractivity contribution >= 4 is 45.0 Å². The Morgan fingerprint density at radius 1 is 1.52 bits per heavy atom. The maximum absolute atomic E-state index is 10.7. The van der Waals surface area contributed by atoms with E-state index in [1.54, 1.807) is 11.3 Å². The Bertz CT molecular complexity index is 632. The summed E-state index contributed by atoms with van der Waals surface area (Å²) in [6.45, 7) is 7.03. The van der Waals surface area contributed by atoms with Crippen molar-refractivity contribution in [2.75, 3.05) is 5.75 Å². The van der Waals surface area contributed by atoms with E-state index < -0.39 is 5.97 Å². The highest BCUT2D eigenvalue weighted by Gasteiger charge is 2.18. The van der Waals surface area contributed by atoms with Crippen molar-refractivity contribution in [1.82, 2.24) is 14.8 Å². The number of carboxylic acid groups (broad SMARTS) is 1.